The second kappa shape index (κ2) is 9.20. The molecule has 1 fully saturated rings. The molecule has 0 spiro atoms. The van der Waals surface area contributed by atoms with E-state index in [-0.39, 0.29) is 23.3 Å². The lowest BCUT2D eigenvalue weighted by atomic mass is 9.95. The van der Waals surface area contributed by atoms with Gasteiger partial charge in [0.2, 0.25) is 5.91 Å². The number of carboxylic acids is 1. The van der Waals surface area contributed by atoms with Crippen molar-refractivity contribution >= 4 is 17.8 Å². The molecule has 1 aliphatic heterocycles. The molecule has 1 saturated heterocycles. The molecule has 2 amide bonds. The zero-order valence-electron chi connectivity index (χ0n) is 14.7. The lowest BCUT2D eigenvalue weighted by Gasteiger charge is -2.31. The van der Waals surface area contributed by atoms with Gasteiger partial charge in [-0.15, -0.1) is 0 Å². The van der Waals surface area contributed by atoms with Crippen LogP contribution in [0, 0.1) is 5.92 Å². The van der Waals surface area contributed by atoms with Crippen LogP contribution in [0.1, 0.15) is 59.7 Å². The Balaban J connectivity index is 1.85. The van der Waals surface area contributed by atoms with Gasteiger partial charge in [-0.05, 0) is 37.5 Å². The Kier molecular flexibility index (Phi) is 6.98. The number of rotatable bonds is 7. The zero-order valence-corrected chi connectivity index (χ0v) is 14.7. The Morgan fingerprint density at radius 2 is 1.84 bits per heavy atom. The molecule has 2 N–H and O–H groups in total. The number of nitrogens with one attached hydrogen (secondary N) is 1. The van der Waals surface area contributed by atoms with E-state index in [1.165, 1.54) is 12.1 Å². The van der Waals surface area contributed by atoms with Crippen molar-refractivity contribution in [2.75, 3.05) is 19.6 Å². The molecule has 6 heteroatoms. The highest BCUT2D eigenvalue weighted by Gasteiger charge is 2.27. The predicted octanol–water partition coefficient (Wildman–Crippen LogP) is 2.54. The molecule has 25 heavy (non-hydrogen) atoms. The quantitative estimate of drug-likeness (QED) is 0.743. The Morgan fingerprint density at radius 1 is 1.16 bits per heavy atom. The maximum atomic E-state index is 12.5. The van der Waals surface area contributed by atoms with Gasteiger partial charge in [0, 0.05) is 31.1 Å². The van der Waals surface area contributed by atoms with Crippen molar-refractivity contribution in [3.05, 3.63) is 35.4 Å². The minimum Gasteiger partial charge on any atom is -0.478 e. The largest absolute Gasteiger partial charge is 0.478 e. The third kappa shape index (κ3) is 5.31. The highest BCUT2D eigenvalue weighted by Crippen LogP contribution is 2.20. The van der Waals surface area contributed by atoms with Crippen molar-refractivity contribution in [3.63, 3.8) is 0 Å². The summed E-state index contributed by atoms with van der Waals surface area (Å²) >= 11 is 0. The van der Waals surface area contributed by atoms with Crippen LogP contribution in [-0.4, -0.2) is 47.4 Å². The van der Waals surface area contributed by atoms with E-state index in [2.05, 4.69) is 12.2 Å². The van der Waals surface area contributed by atoms with Gasteiger partial charge in [0.1, 0.15) is 0 Å². The van der Waals surface area contributed by atoms with Gasteiger partial charge in [-0.2, -0.15) is 0 Å². The van der Waals surface area contributed by atoms with Crippen LogP contribution in [0.3, 0.4) is 0 Å². The minimum absolute atomic E-state index is 0.0453. The molecule has 0 atom stereocenters. The molecular formula is C19H26N2O4. The number of hydrogen-bond donors (Lipinski definition) is 2. The number of nitrogens with zero attached hydrogens (tertiary/aromatic N) is 1. The molecule has 0 unspecified atom stereocenters. The van der Waals surface area contributed by atoms with E-state index in [4.69, 9.17) is 5.11 Å². The van der Waals surface area contributed by atoms with Gasteiger partial charge >= 0.3 is 5.97 Å². The van der Waals surface area contributed by atoms with Crippen molar-refractivity contribution in [2.24, 2.45) is 5.92 Å². The fraction of sp³-hybridized carbons (Fsp3) is 0.526. The summed E-state index contributed by atoms with van der Waals surface area (Å²) in [4.78, 5) is 37.4. The van der Waals surface area contributed by atoms with Gasteiger partial charge in [0.25, 0.3) is 5.91 Å². The van der Waals surface area contributed by atoms with E-state index in [1.54, 1.807) is 17.0 Å². The van der Waals surface area contributed by atoms with Crippen LogP contribution in [0.2, 0.25) is 0 Å². The molecule has 1 aromatic carbocycles. The third-order valence-corrected chi connectivity index (χ3v) is 4.59. The smallest absolute Gasteiger partial charge is 0.335 e. The molecular weight excluding hydrogens is 320 g/mol. The van der Waals surface area contributed by atoms with Crippen LogP contribution in [-0.2, 0) is 4.79 Å². The molecule has 1 aliphatic rings. The molecule has 0 saturated carbocycles. The van der Waals surface area contributed by atoms with Crippen molar-refractivity contribution in [3.8, 4) is 0 Å². The van der Waals surface area contributed by atoms with Crippen LogP contribution in [0.15, 0.2) is 24.3 Å². The number of carbonyl (C=O) groups is 3. The molecule has 1 heterocycles. The number of benzene rings is 1. The highest BCUT2D eigenvalue weighted by atomic mass is 16.4. The molecule has 2 rings (SSSR count). The summed E-state index contributed by atoms with van der Waals surface area (Å²) in [5.41, 5.74) is 0.481. The van der Waals surface area contributed by atoms with Gasteiger partial charge in [-0.1, -0.05) is 25.8 Å². The van der Waals surface area contributed by atoms with E-state index in [0.29, 0.717) is 38.0 Å². The Hall–Kier alpha value is -2.37. The summed E-state index contributed by atoms with van der Waals surface area (Å²) in [6.07, 6.45) is 4.52. The summed E-state index contributed by atoms with van der Waals surface area (Å²) in [6.45, 7) is 3.88. The van der Waals surface area contributed by atoms with Crippen LogP contribution < -0.4 is 5.32 Å². The number of amides is 2. The fourth-order valence-electron chi connectivity index (χ4n) is 3.04. The second-order valence-corrected chi connectivity index (χ2v) is 6.45. The fourth-order valence-corrected chi connectivity index (χ4v) is 3.04. The maximum Gasteiger partial charge on any atom is 0.335 e. The van der Waals surface area contributed by atoms with Gasteiger partial charge in [-0.3, -0.25) is 9.59 Å². The van der Waals surface area contributed by atoms with Crippen LogP contribution in [0.25, 0.3) is 0 Å². The Labute approximate surface area is 148 Å². The Bertz CT molecular complexity index is 622. The minimum atomic E-state index is -1.05. The van der Waals surface area contributed by atoms with E-state index in [9.17, 15) is 14.4 Å². The normalized spacial score (nSPS) is 15.0. The summed E-state index contributed by atoms with van der Waals surface area (Å²) in [6, 6.07) is 6.07. The van der Waals surface area contributed by atoms with E-state index < -0.39 is 5.97 Å². The first kappa shape index (κ1) is 19.0. The van der Waals surface area contributed by atoms with Crippen LogP contribution in [0.5, 0.6) is 0 Å². The SMILES string of the molecule is CCCCCNC(=O)C1CCN(C(=O)c2cccc(C(=O)O)c2)CC1. The number of unbranched alkanes of at least 4 members (excludes halogenated alkanes) is 2. The number of carboxylic acid groups (broad SMARTS) is 1. The zero-order chi connectivity index (χ0) is 18.2. The Morgan fingerprint density at radius 3 is 2.48 bits per heavy atom. The molecule has 1 aromatic rings. The standard InChI is InChI=1S/C19H26N2O4/c1-2-3-4-10-20-17(22)14-8-11-21(12-9-14)18(23)15-6-5-7-16(13-15)19(24)25/h5-7,13-14H,2-4,8-12H2,1H3,(H,20,22)(H,24,25). The van der Waals surface area contributed by atoms with Crippen molar-refractivity contribution in [2.45, 2.75) is 39.0 Å². The number of likely N-dealkylation sites (tertiary alicyclic amines) is 1. The highest BCUT2D eigenvalue weighted by molar-refractivity contribution is 5.97. The summed E-state index contributed by atoms with van der Waals surface area (Å²) in [5, 5.41) is 12.0. The van der Waals surface area contributed by atoms with Gasteiger partial charge in [0.15, 0.2) is 0 Å². The number of aromatic carboxylic acids is 1. The van der Waals surface area contributed by atoms with E-state index in [1.807, 2.05) is 0 Å². The molecule has 0 bridgehead atoms. The molecule has 0 aromatic heterocycles. The first-order valence-corrected chi connectivity index (χ1v) is 8.93. The summed E-state index contributed by atoms with van der Waals surface area (Å²) in [7, 11) is 0. The molecule has 136 valence electrons. The van der Waals surface area contributed by atoms with Crippen molar-refractivity contribution < 1.29 is 19.5 Å². The molecule has 0 radical (unpaired) electrons. The first-order valence-electron chi connectivity index (χ1n) is 8.93. The number of carbonyl (C=O) groups excluding carboxylic acids is 2. The van der Waals surface area contributed by atoms with Crippen molar-refractivity contribution in [1.82, 2.24) is 10.2 Å². The monoisotopic (exact) mass is 346 g/mol. The average molecular weight is 346 g/mol. The lowest BCUT2D eigenvalue weighted by molar-refractivity contribution is -0.126. The molecule has 0 aliphatic carbocycles. The van der Waals surface area contributed by atoms with E-state index in [0.717, 1.165) is 19.3 Å². The molecule has 6 nitrogen and oxygen atoms in total. The number of hydrogen-bond acceptors (Lipinski definition) is 3. The average Bonchev–Trinajstić information content (AvgIpc) is 2.64. The van der Waals surface area contributed by atoms with Gasteiger partial charge < -0.3 is 15.3 Å². The predicted molar refractivity (Wildman–Crippen MR) is 94.6 cm³/mol. The first-order chi connectivity index (χ1) is 12.0. The maximum absolute atomic E-state index is 12.5. The van der Waals surface area contributed by atoms with Crippen LogP contribution in [0.4, 0.5) is 0 Å². The summed E-state index contributed by atoms with van der Waals surface area (Å²) in [5.74, 6) is -1.19. The van der Waals surface area contributed by atoms with Crippen molar-refractivity contribution in [1.29, 1.82) is 0 Å². The van der Waals surface area contributed by atoms with E-state index >= 15 is 0 Å². The third-order valence-electron chi connectivity index (χ3n) is 4.59. The van der Waals surface area contributed by atoms with Gasteiger partial charge in [0.05, 0.1) is 5.56 Å². The number of piperidine rings is 1. The lowest BCUT2D eigenvalue weighted by Crippen LogP contribution is -2.43. The summed E-state index contributed by atoms with van der Waals surface area (Å²) < 4.78 is 0. The van der Waals surface area contributed by atoms with Crippen LogP contribution >= 0.6 is 0 Å². The van der Waals surface area contributed by atoms with Gasteiger partial charge in [-0.25, -0.2) is 4.79 Å². The second-order valence-electron chi connectivity index (χ2n) is 6.45. The topological polar surface area (TPSA) is 86.7 Å².